The van der Waals surface area contributed by atoms with Crippen LogP contribution in [0.1, 0.15) is 47.7 Å². The number of hydrogen-bond donors (Lipinski definition) is 1. The molecule has 1 aromatic rings. The maximum absolute atomic E-state index is 10.7. The standard InChI is InChI=1S/C11H12ClNO2/c12-9-5-8(11(14)15)6-13-10(9)7-3-1-2-4-7/h5-7H,1-4H2,(H,14,15). The van der Waals surface area contributed by atoms with Crippen LogP contribution in [0.4, 0.5) is 0 Å². The maximum atomic E-state index is 10.7. The Hall–Kier alpha value is -1.09. The first kappa shape index (κ1) is 10.4. The number of pyridine rings is 1. The Balaban J connectivity index is 2.29. The maximum Gasteiger partial charge on any atom is 0.337 e. The second-order valence-corrected chi connectivity index (χ2v) is 4.28. The van der Waals surface area contributed by atoms with E-state index in [4.69, 9.17) is 16.7 Å². The molecule has 0 spiro atoms. The van der Waals surface area contributed by atoms with Crippen molar-refractivity contribution in [2.75, 3.05) is 0 Å². The number of aromatic nitrogens is 1. The minimum Gasteiger partial charge on any atom is -0.478 e. The lowest BCUT2D eigenvalue weighted by atomic mass is 10.0. The third kappa shape index (κ3) is 2.12. The Morgan fingerprint density at radius 1 is 1.47 bits per heavy atom. The van der Waals surface area contributed by atoms with Gasteiger partial charge in [0.05, 0.1) is 16.3 Å². The molecule has 4 heteroatoms. The van der Waals surface area contributed by atoms with Crippen LogP contribution in [-0.2, 0) is 0 Å². The first-order valence-corrected chi connectivity index (χ1v) is 5.45. The van der Waals surface area contributed by atoms with Gasteiger partial charge in [0.25, 0.3) is 0 Å². The Morgan fingerprint density at radius 2 is 2.13 bits per heavy atom. The van der Waals surface area contributed by atoms with Gasteiger partial charge in [0.1, 0.15) is 0 Å². The third-order valence-electron chi connectivity index (χ3n) is 2.86. The molecule has 1 fully saturated rings. The zero-order valence-electron chi connectivity index (χ0n) is 8.24. The van der Waals surface area contributed by atoms with E-state index in [1.807, 2.05) is 0 Å². The molecule has 1 aliphatic rings. The Morgan fingerprint density at radius 3 is 2.67 bits per heavy atom. The normalized spacial score (nSPS) is 16.9. The predicted molar refractivity (Wildman–Crippen MR) is 57.4 cm³/mol. The lowest BCUT2D eigenvalue weighted by molar-refractivity contribution is 0.0696. The van der Waals surface area contributed by atoms with E-state index in [9.17, 15) is 4.79 Å². The number of nitrogens with zero attached hydrogens (tertiary/aromatic N) is 1. The summed E-state index contributed by atoms with van der Waals surface area (Å²) in [5.74, 6) is -0.567. The molecule has 2 rings (SSSR count). The van der Waals surface area contributed by atoms with Crippen molar-refractivity contribution in [2.24, 2.45) is 0 Å². The van der Waals surface area contributed by atoms with E-state index >= 15 is 0 Å². The van der Waals surface area contributed by atoms with Gasteiger partial charge in [-0.3, -0.25) is 4.98 Å². The van der Waals surface area contributed by atoms with Gasteiger partial charge in [0.2, 0.25) is 0 Å². The van der Waals surface area contributed by atoms with Crippen LogP contribution in [0.25, 0.3) is 0 Å². The van der Waals surface area contributed by atoms with Gasteiger partial charge in [-0.15, -0.1) is 0 Å². The summed E-state index contributed by atoms with van der Waals surface area (Å²) < 4.78 is 0. The number of carboxylic acid groups (broad SMARTS) is 1. The molecule has 3 nitrogen and oxygen atoms in total. The predicted octanol–water partition coefficient (Wildman–Crippen LogP) is 3.09. The Bertz CT molecular complexity index is 386. The minimum atomic E-state index is -0.984. The van der Waals surface area contributed by atoms with Crippen LogP contribution in [0.15, 0.2) is 12.3 Å². The van der Waals surface area contributed by atoms with Crippen molar-refractivity contribution in [1.29, 1.82) is 0 Å². The highest BCUT2D eigenvalue weighted by molar-refractivity contribution is 6.31. The second-order valence-electron chi connectivity index (χ2n) is 3.88. The number of carboxylic acids is 1. The largest absolute Gasteiger partial charge is 0.478 e. The van der Waals surface area contributed by atoms with Crippen molar-refractivity contribution in [3.63, 3.8) is 0 Å². The highest BCUT2D eigenvalue weighted by atomic mass is 35.5. The van der Waals surface area contributed by atoms with Gasteiger partial charge in [-0.25, -0.2) is 4.79 Å². The fourth-order valence-corrected chi connectivity index (χ4v) is 2.39. The monoisotopic (exact) mass is 225 g/mol. The molecular formula is C11H12ClNO2. The van der Waals surface area contributed by atoms with Gasteiger partial charge >= 0.3 is 5.97 Å². The second kappa shape index (κ2) is 4.19. The van der Waals surface area contributed by atoms with E-state index in [2.05, 4.69) is 4.98 Å². The minimum absolute atomic E-state index is 0.154. The zero-order chi connectivity index (χ0) is 10.8. The molecule has 0 unspecified atom stereocenters. The van der Waals surface area contributed by atoms with Crippen LogP contribution < -0.4 is 0 Å². The van der Waals surface area contributed by atoms with E-state index in [-0.39, 0.29) is 5.56 Å². The summed E-state index contributed by atoms with van der Waals surface area (Å²) >= 11 is 6.03. The van der Waals surface area contributed by atoms with E-state index in [0.717, 1.165) is 18.5 Å². The molecule has 0 bridgehead atoms. The number of aromatic carboxylic acids is 1. The lowest BCUT2D eigenvalue weighted by Crippen LogP contribution is -2.02. The average molecular weight is 226 g/mol. The van der Waals surface area contributed by atoms with Gasteiger partial charge in [-0.2, -0.15) is 0 Å². The van der Waals surface area contributed by atoms with E-state index < -0.39 is 5.97 Å². The average Bonchev–Trinajstić information content (AvgIpc) is 2.70. The SMILES string of the molecule is O=C(O)c1cnc(C2CCCC2)c(Cl)c1. The fraction of sp³-hybridized carbons (Fsp3) is 0.455. The van der Waals surface area contributed by atoms with Crippen molar-refractivity contribution in [3.05, 3.63) is 28.5 Å². The first-order chi connectivity index (χ1) is 7.18. The Labute approximate surface area is 93.1 Å². The van der Waals surface area contributed by atoms with Gasteiger partial charge in [0.15, 0.2) is 0 Å². The van der Waals surface area contributed by atoms with Crippen LogP contribution >= 0.6 is 11.6 Å². The van der Waals surface area contributed by atoms with Crippen molar-refractivity contribution in [3.8, 4) is 0 Å². The quantitative estimate of drug-likeness (QED) is 0.842. The zero-order valence-corrected chi connectivity index (χ0v) is 9.00. The van der Waals surface area contributed by atoms with Gasteiger partial charge in [-0.1, -0.05) is 24.4 Å². The lowest BCUT2D eigenvalue weighted by Gasteiger charge is -2.10. The summed E-state index contributed by atoms with van der Waals surface area (Å²) in [7, 11) is 0. The van der Waals surface area contributed by atoms with Crippen LogP contribution in [0.3, 0.4) is 0 Å². The molecule has 1 saturated carbocycles. The van der Waals surface area contributed by atoms with E-state index in [1.165, 1.54) is 25.1 Å². The van der Waals surface area contributed by atoms with Crippen LogP contribution in [0.2, 0.25) is 5.02 Å². The van der Waals surface area contributed by atoms with Crippen molar-refractivity contribution in [1.82, 2.24) is 4.98 Å². The molecule has 1 aliphatic carbocycles. The molecule has 0 saturated heterocycles. The molecule has 1 heterocycles. The number of halogens is 1. The number of hydrogen-bond acceptors (Lipinski definition) is 2. The molecule has 1 aromatic heterocycles. The number of carbonyl (C=O) groups is 1. The van der Waals surface area contributed by atoms with Crippen LogP contribution in [0.5, 0.6) is 0 Å². The fourth-order valence-electron chi connectivity index (χ4n) is 2.07. The number of rotatable bonds is 2. The van der Waals surface area contributed by atoms with Crippen molar-refractivity contribution in [2.45, 2.75) is 31.6 Å². The van der Waals surface area contributed by atoms with E-state index in [1.54, 1.807) is 0 Å². The molecule has 0 aromatic carbocycles. The molecular weight excluding hydrogens is 214 g/mol. The summed E-state index contributed by atoms with van der Waals surface area (Å²) in [4.78, 5) is 14.9. The van der Waals surface area contributed by atoms with Crippen molar-refractivity contribution >= 4 is 17.6 Å². The van der Waals surface area contributed by atoms with Gasteiger partial charge in [0, 0.05) is 12.1 Å². The van der Waals surface area contributed by atoms with E-state index in [0.29, 0.717) is 10.9 Å². The molecule has 0 radical (unpaired) electrons. The highest BCUT2D eigenvalue weighted by Gasteiger charge is 2.21. The smallest absolute Gasteiger partial charge is 0.337 e. The third-order valence-corrected chi connectivity index (χ3v) is 3.16. The van der Waals surface area contributed by atoms with Crippen LogP contribution in [-0.4, -0.2) is 16.1 Å². The molecule has 80 valence electrons. The van der Waals surface area contributed by atoms with Crippen LogP contribution in [0, 0.1) is 0 Å². The molecule has 0 amide bonds. The molecule has 0 atom stereocenters. The first-order valence-electron chi connectivity index (χ1n) is 5.07. The summed E-state index contributed by atoms with van der Waals surface area (Å²) in [5, 5.41) is 9.25. The summed E-state index contributed by atoms with van der Waals surface area (Å²) in [5.41, 5.74) is 1.01. The molecule has 0 aliphatic heterocycles. The highest BCUT2D eigenvalue weighted by Crippen LogP contribution is 2.36. The van der Waals surface area contributed by atoms with Gasteiger partial charge < -0.3 is 5.11 Å². The summed E-state index contributed by atoms with van der Waals surface area (Å²) in [6.45, 7) is 0. The molecule has 1 N–H and O–H groups in total. The summed E-state index contributed by atoms with van der Waals surface area (Å²) in [6.07, 6.45) is 6.03. The Kier molecular flexibility index (Phi) is 2.91. The summed E-state index contributed by atoms with van der Waals surface area (Å²) in [6, 6.07) is 1.49. The topological polar surface area (TPSA) is 50.2 Å². The van der Waals surface area contributed by atoms with Gasteiger partial charge in [-0.05, 0) is 18.9 Å². The molecule has 15 heavy (non-hydrogen) atoms. The van der Waals surface area contributed by atoms with Crippen molar-refractivity contribution < 1.29 is 9.90 Å².